The number of nitrogens with two attached hydrogens (primary N) is 1. The zero-order chi connectivity index (χ0) is 13.1. The van der Waals surface area contributed by atoms with Gasteiger partial charge in [0.1, 0.15) is 18.2 Å². The molecule has 1 atom stereocenters. The fraction of sp³-hybridized carbons (Fsp3) is 0.400. The highest BCUT2D eigenvalue weighted by molar-refractivity contribution is 5.42. The number of halogens is 4. The normalized spacial score (nSPS) is 13.3. The molecule has 3 nitrogen and oxygen atoms in total. The number of rotatable bonds is 4. The lowest BCUT2D eigenvalue weighted by atomic mass is 10.1. The summed E-state index contributed by atoms with van der Waals surface area (Å²) in [5.74, 6) is -0.388. The van der Waals surface area contributed by atoms with Crippen LogP contribution in [0.25, 0.3) is 0 Å². The third-order valence-electron chi connectivity index (χ3n) is 2.00. The van der Waals surface area contributed by atoms with Gasteiger partial charge in [0.15, 0.2) is 0 Å². The summed E-state index contributed by atoms with van der Waals surface area (Å²) in [7, 11) is 1.25. The first-order chi connectivity index (χ1) is 7.87. The molecular weight excluding hydrogens is 242 g/mol. The van der Waals surface area contributed by atoms with Gasteiger partial charge >= 0.3 is 6.36 Å². The van der Waals surface area contributed by atoms with Crippen molar-refractivity contribution < 1.29 is 27.0 Å². The van der Waals surface area contributed by atoms with Gasteiger partial charge in [-0.15, -0.1) is 13.2 Å². The van der Waals surface area contributed by atoms with E-state index in [1.165, 1.54) is 13.2 Å². The minimum Gasteiger partial charge on any atom is -0.496 e. The van der Waals surface area contributed by atoms with Crippen molar-refractivity contribution in [2.45, 2.75) is 12.4 Å². The van der Waals surface area contributed by atoms with E-state index in [-0.39, 0.29) is 11.3 Å². The number of ether oxygens (including phenoxy) is 2. The third-order valence-corrected chi connectivity index (χ3v) is 2.00. The molecular formula is C10H11F4NO2. The predicted octanol–water partition coefficient (Wildman–Crippen LogP) is 2.56. The molecule has 1 aromatic rings. The molecule has 0 aromatic heterocycles. The summed E-state index contributed by atoms with van der Waals surface area (Å²) in [5, 5.41) is 0. The Morgan fingerprint density at radius 1 is 1.35 bits per heavy atom. The molecule has 0 unspecified atom stereocenters. The Morgan fingerprint density at radius 2 is 2.00 bits per heavy atom. The van der Waals surface area contributed by atoms with Crippen LogP contribution in [0.1, 0.15) is 11.6 Å². The van der Waals surface area contributed by atoms with Crippen LogP contribution in [0.2, 0.25) is 0 Å². The largest absolute Gasteiger partial charge is 0.573 e. The Hall–Kier alpha value is -1.50. The van der Waals surface area contributed by atoms with E-state index in [2.05, 4.69) is 4.74 Å². The minimum atomic E-state index is -4.78. The summed E-state index contributed by atoms with van der Waals surface area (Å²) >= 11 is 0. The molecule has 0 spiro atoms. The SMILES string of the molecule is COc1cc(OC(F)(F)F)ccc1[C@@H](N)CF. The van der Waals surface area contributed by atoms with Gasteiger partial charge in [0.05, 0.1) is 13.2 Å². The van der Waals surface area contributed by atoms with Crippen LogP contribution < -0.4 is 15.2 Å². The second-order valence-corrected chi connectivity index (χ2v) is 3.21. The smallest absolute Gasteiger partial charge is 0.496 e. The first-order valence-electron chi connectivity index (χ1n) is 4.62. The average molecular weight is 253 g/mol. The standard InChI is InChI=1S/C10H11F4NO2/c1-16-9-4-6(17-10(12,13)14)2-3-7(9)8(15)5-11/h2-4,8H,5,15H2,1H3/t8-/m0/s1. The van der Waals surface area contributed by atoms with Crippen LogP contribution in [-0.4, -0.2) is 20.1 Å². The van der Waals surface area contributed by atoms with E-state index in [1.54, 1.807) is 0 Å². The molecule has 0 fully saturated rings. The van der Waals surface area contributed by atoms with Crippen molar-refractivity contribution in [3.8, 4) is 11.5 Å². The summed E-state index contributed by atoms with van der Waals surface area (Å²) in [6.45, 7) is -0.837. The van der Waals surface area contributed by atoms with Crippen LogP contribution >= 0.6 is 0 Å². The molecule has 0 amide bonds. The Morgan fingerprint density at radius 3 is 2.47 bits per heavy atom. The summed E-state index contributed by atoms with van der Waals surface area (Å²) in [5.41, 5.74) is 5.71. The number of methoxy groups -OCH3 is 1. The molecule has 1 aromatic carbocycles. The Kier molecular flexibility index (Phi) is 4.17. The van der Waals surface area contributed by atoms with Crippen molar-refractivity contribution in [1.29, 1.82) is 0 Å². The van der Waals surface area contributed by atoms with Crippen LogP contribution in [0.3, 0.4) is 0 Å². The molecule has 7 heteroatoms. The third kappa shape index (κ3) is 3.77. The Balaban J connectivity index is 3.00. The second-order valence-electron chi connectivity index (χ2n) is 3.21. The fourth-order valence-corrected chi connectivity index (χ4v) is 1.28. The minimum absolute atomic E-state index is 0.0527. The van der Waals surface area contributed by atoms with Gasteiger partial charge in [-0.25, -0.2) is 4.39 Å². The lowest BCUT2D eigenvalue weighted by molar-refractivity contribution is -0.274. The van der Waals surface area contributed by atoms with Gasteiger partial charge in [0, 0.05) is 11.6 Å². The number of benzene rings is 1. The van der Waals surface area contributed by atoms with Crippen molar-refractivity contribution in [2.75, 3.05) is 13.8 Å². The molecule has 96 valence electrons. The van der Waals surface area contributed by atoms with Gasteiger partial charge < -0.3 is 15.2 Å². The lowest BCUT2D eigenvalue weighted by Gasteiger charge is -2.15. The van der Waals surface area contributed by atoms with Crippen molar-refractivity contribution >= 4 is 0 Å². The molecule has 0 saturated heterocycles. The molecule has 0 aliphatic carbocycles. The molecule has 0 bridgehead atoms. The highest BCUT2D eigenvalue weighted by atomic mass is 19.4. The summed E-state index contributed by atoms with van der Waals surface area (Å²) in [6, 6.07) is 2.37. The van der Waals surface area contributed by atoms with Crippen LogP contribution in [0, 0.1) is 0 Å². The van der Waals surface area contributed by atoms with Gasteiger partial charge in [-0.3, -0.25) is 0 Å². The Bertz CT molecular complexity index is 381. The molecule has 0 aliphatic rings. The van der Waals surface area contributed by atoms with E-state index in [0.29, 0.717) is 0 Å². The number of alkyl halides is 4. The maximum atomic E-state index is 12.4. The molecule has 2 N–H and O–H groups in total. The van der Waals surface area contributed by atoms with Crippen LogP contribution in [0.15, 0.2) is 18.2 Å². The monoisotopic (exact) mass is 253 g/mol. The van der Waals surface area contributed by atoms with E-state index in [1.807, 2.05) is 0 Å². The highest BCUT2D eigenvalue weighted by Gasteiger charge is 2.31. The highest BCUT2D eigenvalue weighted by Crippen LogP contribution is 2.31. The van der Waals surface area contributed by atoms with E-state index < -0.39 is 24.8 Å². The molecule has 1 rings (SSSR count). The van der Waals surface area contributed by atoms with Gasteiger partial charge in [0.2, 0.25) is 0 Å². The molecule has 17 heavy (non-hydrogen) atoms. The van der Waals surface area contributed by atoms with Crippen molar-refractivity contribution in [2.24, 2.45) is 5.73 Å². The summed E-state index contributed by atoms with van der Waals surface area (Å²) in [4.78, 5) is 0. The number of hydrogen-bond acceptors (Lipinski definition) is 3. The Labute approximate surface area is 95.1 Å². The van der Waals surface area contributed by atoms with E-state index >= 15 is 0 Å². The van der Waals surface area contributed by atoms with Crippen molar-refractivity contribution in [3.63, 3.8) is 0 Å². The van der Waals surface area contributed by atoms with Gasteiger partial charge in [-0.2, -0.15) is 0 Å². The van der Waals surface area contributed by atoms with Crippen molar-refractivity contribution in [3.05, 3.63) is 23.8 Å². The van der Waals surface area contributed by atoms with Gasteiger partial charge in [-0.1, -0.05) is 0 Å². The first kappa shape index (κ1) is 13.6. The predicted molar refractivity (Wildman–Crippen MR) is 52.6 cm³/mol. The average Bonchev–Trinajstić information content (AvgIpc) is 2.25. The number of hydrogen-bond donors (Lipinski definition) is 1. The quantitative estimate of drug-likeness (QED) is 0.839. The van der Waals surface area contributed by atoms with E-state index in [9.17, 15) is 17.6 Å². The maximum absolute atomic E-state index is 12.4. The first-order valence-corrected chi connectivity index (χ1v) is 4.62. The van der Waals surface area contributed by atoms with Crippen LogP contribution in [-0.2, 0) is 0 Å². The van der Waals surface area contributed by atoms with Crippen LogP contribution in [0.5, 0.6) is 11.5 Å². The molecule has 0 aliphatic heterocycles. The molecule has 0 heterocycles. The van der Waals surface area contributed by atoms with Gasteiger partial charge in [-0.05, 0) is 12.1 Å². The zero-order valence-electron chi connectivity index (χ0n) is 8.92. The maximum Gasteiger partial charge on any atom is 0.573 e. The van der Waals surface area contributed by atoms with Crippen LogP contribution in [0.4, 0.5) is 17.6 Å². The summed E-state index contributed by atoms with van der Waals surface area (Å²) in [6.07, 6.45) is -4.78. The second kappa shape index (κ2) is 5.22. The zero-order valence-corrected chi connectivity index (χ0v) is 8.92. The summed E-state index contributed by atoms with van der Waals surface area (Å²) < 4.78 is 56.8. The topological polar surface area (TPSA) is 44.5 Å². The van der Waals surface area contributed by atoms with E-state index in [0.717, 1.165) is 12.1 Å². The van der Waals surface area contributed by atoms with E-state index in [4.69, 9.17) is 10.5 Å². The molecule has 0 saturated carbocycles. The lowest BCUT2D eigenvalue weighted by Crippen LogP contribution is -2.18. The molecule has 0 radical (unpaired) electrons. The fourth-order valence-electron chi connectivity index (χ4n) is 1.28. The van der Waals surface area contributed by atoms with Crippen molar-refractivity contribution in [1.82, 2.24) is 0 Å². The van der Waals surface area contributed by atoms with Gasteiger partial charge in [0.25, 0.3) is 0 Å².